The average Bonchev–Trinajstić information content (AvgIpc) is 3.22. The smallest absolute Gasteiger partial charge is 0.255 e. The Bertz CT molecular complexity index is 601. The van der Waals surface area contributed by atoms with E-state index < -0.39 is 0 Å². The molecule has 5 nitrogen and oxygen atoms in total. The molecular formula is C19H27NO4. The van der Waals surface area contributed by atoms with Crippen molar-refractivity contribution in [2.24, 2.45) is 17.8 Å². The summed E-state index contributed by atoms with van der Waals surface area (Å²) in [5, 5.41) is 3.10. The van der Waals surface area contributed by atoms with E-state index in [1.54, 1.807) is 26.4 Å². The lowest BCUT2D eigenvalue weighted by atomic mass is 9.92. The molecule has 1 N–H and O–H groups in total. The summed E-state index contributed by atoms with van der Waals surface area (Å²) in [6, 6.07) is 3.46. The van der Waals surface area contributed by atoms with Crippen molar-refractivity contribution in [1.29, 1.82) is 0 Å². The van der Waals surface area contributed by atoms with Crippen LogP contribution in [0, 0.1) is 17.8 Å². The third-order valence-corrected chi connectivity index (χ3v) is 5.71. The summed E-state index contributed by atoms with van der Waals surface area (Å²) in [5.41, 5.74) is 0.483. The lowest BCUT2D eigenvalue weighted by molar-refractivity contribution is 0.0939. The number of fused-ring (bicyclic) bond motifs is 1. The highest BCUT2D eigenvalue weighted by Gasteiger charge is 2.38. The number of carbonyl (C=O) groups excluding carboxylic acids is 1. The third kappa shape index (κ3) is 3.04. The zero-order valence-electron chi connectivity index (χ0n) is 14.8. The highest BCUT2D eigenvalue weighted by atomic mass is 16.5. The van der Waals surface area contributed by atoms with Gasteiger partial charge in [-0.1, -0.05) is 12.8 Å². The minimum Gasteiger partial charge on any atom is -0.493 e. The lowest BCUT2D eigenvalue weighted by Gasteiger charge is -2.20. The summed E-state index contributed by atoms with van der Waals surface area (Å²) in [6.07, 6.45) is 6.61. The van der Waals surface area contributed by atoms with Gasteiger partial charge in [0.05, 0.1) is 26.9 Å². The molecule has 1 aromatic rings. The molecule has 2 aliphatic carbocycles. The second-order valence-electron chi connectivity index (χ2n) is 6.78. The van der Waals surface area contributed by atoms with Gasteiger partial charge in [-0.2, -0.15) is 0 Å². The summed E-state index contributed by atoms with van der Waals surface area (Å²) >= 11 is 0. The molecule has 0 spiro atoms. The molecular weight excluding hydrogens is 306 g/mol. The van der Waals surface area contributed by atoms with E-state index in [1.807, 2.05) is 0 Å². The number of hydrogen-bond acceptors (Lipinski definition) is 4. The predicted octanol–water partition coefficient (Wildman–Crippen LogP) is 3.27. The molecule has 0 unspecified atom stereocenters. The Labute approximate surface area is 143 Å². The number of amides is 1. The summed E-state index contributed by atoms with van der Waals surface area (Å²) in [7, 11) is 4.64. The van der Waals surface area contributed by atoms with E-state index in [-0.39, 0.29) is 5.91 Å². The molecule has 3 atom stereocenters. The second-order valence-corrected chi connectivity index (χ2v) is 6.78. The van der Waals surface area contributed by atoms with Gasteiger partial charge in [-0.25, -0.2) is 0 Å². The van der Waals surface area contributed by atoms with E-state index in [0.717, 1.165) is 18.4 Å². The Kier molecular flexibility index (Phi) is 5.17. The topological polar surface area (TPSA) is 56.8 Å². The van der Waals surface area contributed by atoms with Crippen molar-refractivity contribution in [2.75, 3.05) is 27.9 Å². The maximum Gasteiger partial charge on any atom is 0.255 e. The molecule has 2 fully saturated rings. The molecule has 2 saturated carbocycles. The molecule has 1 aromatic carbocycles. The first-order chi connectivity index (χ1) is 11.7. The number of carbonyl (C=O) groups is 1. The first-order valence-corrected chi connectivity index (χ1v) is 8.76. The molecule has 1 amide bonds. The van der Waals surface area contributed by atoms with Crippen molar-refractivity contribution in [3.63, 3.8) is 0 Å². The predicted molar refractivity (Wildman–Crippen MR) is 92.0 cm³/mol. The van der Waals surface area contributed by atoms with Gasteiger partial charge in [-0.05, 0) is 49.1 Å². The van der Waals surface area contributed by atoms with Gasteiger partial charge in [0.1, 0.15) is 0 Å². The van der Waals surface area contributed by atoms with Crippen molar-refractivity contribution in [1.82, 2.24) is 5.32 Å². The standard InChI is InChI=1S/C19H27NO4/c1-22-16-10-9-15(17(23-2)18(16)24-3)19(21)20-11-13-8-7-12-5-4-6-14(12)13/h9-10,12-14H,4-8,11H2,1-3H3,(H,20,21)/t12-,13+,14-/m0/s1. The van der Waals surface area contributed by atoms with Gasteiger partial charge in [0.15, 0.2) is 11.5 Å². The maximum absolute atomic E-state index is 12.7. The first-order valence-electron chi connectivity index (χ1n) is 8.76. The molecule has 0 aromatic heterocycles. The van der Waals surface area contributed by atoms with Gasteiger partial charge in [0.2, 0.25) is 5.75 Å². The molecule has 24 heavy (non-hydrogen) atoms. The molecule has 2 aliphatic rings. The molecule has 132 valence electrons. The van der Waals surface area contributed by atoms with E-state index in [0.29, 0.717) is 28.7 Å². The van der Waals surface area contributed by atoms with E-state index >= 15 is 0 Å². The lowest BCUT2D eigenvalue weighted by Crippen LogP contribution is -2.31. The SMILES string of the molecule is COc1ccc(C(=O)NC[C@H]2CC[C@@H]3CCC[C@@H]32)c(OC)c1OC. The maximum atomic E-state index is 12.7. The van der Waals surface area contributed by atoms with Crippen molar-refractivity contribution < 1.29 is 19.0 Å². The van der Waals surface area contributed by atoms with E-state index in [1.165, 1.54) is 39.2 Å². The number of rotatable bonds is 6. The molecule has 5 heteroatoms. The van der Waals surface area contributed by atoms with Gasteiger partial charge < -0.3 is 19.5 Å². The highest BCUT2D eigenvalue weighted by Crippen LogP contribution is 2.47. The van der Waals surface area contributed by atoms with Crippen LogP contribution in [-0.4, -0.2) is 33.8 Å². The summed E-state index contributed by atoms with van der Waals surface area (Å²) in [5.74, 6) is 3.61. The Morgan fingerprint density at radius 1 is 1.04 bits per heavy atom. The van der Waals surface area contributed by atoms with Crippen LogP contribution in [0.3, 0.4) is 0 Å². The van der Waals surface area contributed by atoms with Gasteiger partial charge in [0.25, 0.3) is 5.91 Å². The average molecular weight is 333 g/mol. The Hall–Kier alpha value is -1.91. The number of benzene rings is 1. The van der Waals surface area contributed by atoms with Crippen LogP contribution < -0.4 is 19.5 Å². The molecule has 3 rings (SSSR count). The van der Waals surface area contributed by atoms with Crippen molar-refractivity contribution in [2.45, 2.75) is 32.1 Å². The molecule has 0 radical (unpaired) electrons. The Morgan fingerprint density at radius 2 is 1.83 bits per heavy atom. The zero-order valence-corrected chi connectivity index (χ0v) is 14.8. The van der Waals surface area contributed by atoms with Crippen molar-refractivity contribution >= 4 is 5.91 Å². The largest absolute Gasteiger partial charge is 0.493 e. The quantitative estimate of drug-likeness (QED) is 0.868. The fraction of sp³-hybridized carbons (Fsp3) is 0.632. The fourth-order valence-electron chi connectivity index (χ4n) is 4.54. The first kappa shape index (κ1) is 16.9. The Balaban J connectivity index is 1.70. The van der Waals surface area contributed by atoms with Crippen LogP contribution in [0.2, 0.25) is 0 Å². The summed E-state index contributed by atoms with van der Waals surface area (Å²) in [6.45, 7) is 0.748. The number of methoxy groups -OCH3 is 3. The van der Waals surface area contributed by atoms with Crippen LogP contribution in [0.5, 0.6) is 17.2 Å². The van der Waals surface area contributed by atoms with E-state index in [9.17, 15) is 4.79 Å². The number of nitrogens with one attached hydrogen (secondary N) is 1. The monoisotopic (exact) mass is 333 g/mol. The minimum absolute atomic E-state index is 0.116. The zero-order chi connectivity index (χ0) is 17.1. The van der Waals surface area contributed by atoms with Gasteiger partial charge in [0, 0.05) is 6.54 Å². The summed E-state index contributed by atoms with van der Waals surface area (Å²) in [4.78, 5) is 12.7. The van der Waals surface area contributed by atoms with Gasteiger partial charge in [-0.3, -0.25) is 4.79 Å². The Morgan fingerprint density at radius 3 is 2.54 bits per heavy atom. The number of ether oxygens (including phenoxy) is 3. The minimum atomic E-state index is -0.116. The van der Waals surface area contributed by atoms with Gasteiger partial charge >= 0.3 is 0 Å². The van der Waals surface area contributed by atoms with E-state index in [4.69, 9.17) is 14.2 Å². The van der Waals surface area contributed by atoms with Crippen LogP contribution in [0.15, 0.2) is 12.1 Å². The third-order valence-electron chi connectivity index (χ3n) is 5.71. The number of hydrogen-bond donors (Lipinski definition) is 1. The second kappa shape index (κ2) is 7.32. The normalized spacial score (nSPS) is 25.2. The fourth-order valence-corrected chi connectivity index (χ4v) is 4.54. The van der Waals surface area contributed by atoms with Crippen LogP contribution in [0.25, 0.3) is 0 Å². The molecule has 0 heterocycles. The highest BCUT2D eigenvalue weighted by molar-refractivity contribution is 5.98. The van der Waals surface area contributed by atoms with E-state index in [2.05, 4.69) is 5.32 Å². The molecule has 0 aliphatic heterocycles. The van der Waals surface area contributed by atoms with Crippen LogP contribution in [0.1, 0.15) is 42.5 Å². The van der Waals surface area contributed by atoms with Crippen LogP contribution >= 0.6 is 0 Å². The van der Waals surface area contributed by atoms with Crippen molar-refractivity contribution in [3.8, 4) is 17.2 Å². The molecule has 0 bridgehead atoms. The molecule has 0 saturated heterocycles. The van der Waals surface area contributed by atoms with Crippen molar-refractivity contribution in [3.05, 3.63) is 17.7 Å². The van der Waals surface area contributed by atoms with Crippen LogP contribution in [-0.2, 0) is 0 Å². The van der Waals surface area contributed by atoms with Gasteiger partial charge in [-0.15, -0.1) is 0 Å². The van der Waals surface area contributed by atoms with Crippen LogP contribution in [0.4, 0.5) is 0 Å². The summed E-state index contributed by atoms with van der Waals surface area (Å²) < 4.78 is 16.0.